The molecule has 0 aromatic heterocycles. The highest BCUT2D eigenvalue weighted by molar-refractivity contribution is 5.78. The van der Waals surface area contributed by atoms with E-state index in [1.165, 1.54) is 6.42 Å². The van der Waals surface area contributed by atoms with Gasteiger partial charge in [-0.3, -0.25) is 4.79 Å². The molecule has 1 N–H and O–H groups in total. The first-order valence-corrected chi connectivity index (χ1v) is 5.70. The minimum atomic E-state index is 0.210. The first-order chi connectivity index (χ1) is 7.08. The van der Waals surface area contributed by atoms with E-state index in [1.54, 1.807) is 0 Å². The smallest absolute Gasteiger partial charge is 0.220 e. The summed E-state index contributed by atoms with van der Waals surface area (Å²) >= 11 is 0. The number of nitrogens with zero attached hydrogens (tertiary/aromatic N) is 2. The molecular formula is C11H23N3O. The average Bonchev–Trinajstić information content (AvgIpc) is 2.50. The van der Waals surface area contributed by atoms with Gasteiger partial charge in [-0.15, -0.1) is 0 Å². The molecule has 88 valence electrons. The van der Waals surface area contributed by atoms with Crippen LogP contribution in [0.25, 0.3) is 0 Å². The van der Waals surface area contributed by atoms with Gasteiger partial charge < -0.3 is 15.1 Å². The molecule has 1 aliphatic heterocycles. The Labute approximate surface area is 92.6 Å². The molecule has 4 nitrogen and oxygen atoms in total. The van der Waals surface area contributed by atoms with E-state index < -0.39 is 0 Å². The highest BCUT2D eigenvalue weighted by atomic mass is 16.1. The maximum atomic E-state index is 11.0. The molecule has 1 amide bonds. The number of hydrogen-bond acceptors (Lipinski definition) is 3. The first kappa shape index (κ1) is 12.5. The summed E-state index contributed by atoms with van der Waals surface area (Å²) in [6.07, 6.45) is 2.89. The molecule has 0 radical (unpaired) electrons. The van der Waals surface area contributed by atoms with Crippen molar-refractivity contribution in [3.63, 3.8) is 0 Å². The largest absolute Gasteiger partial charge is 0.352 e. The lowest BCUT2D eigenvalue weighted by Gasteiger charge is -2.21. The standard InChI is InChI=1S/C11H23N3O/c1-13(2)7-4-8-14(3)9-10-5-6-11(15)12-10/h10H,4-9H2,1-3H3,(H,12,15)/t10-/m1/s1. The molecule has 1 saturated heterocycles. The van der Waals surface area contributed by atoms with Crippen LogP contribution in [0.15, 0.2) is 0 Å². The predicted octanol–water partition coefficient (Wildman–Crippen LogP) is 0.149. The lowest BCUT2D eigenvalue weighted by Crippen LogP contribution is -2.37. The molecule has 0 unspecified atom stereocenters. The third-order valence-corrected chi connectivity index (χ3v) is 2.76. The Balaban J connectivity index is 2.07. The lowest BCUT2D eigenvalue weighted by atomic mass is 10.2. The number of carbonyl (C=O) groups excluding carboxylic acids is 1. The van der Waals surface area contributed by atoms with Crippen LogP contribution in [-0.2, 0) is 4.79 Å². The number of hydrogen-bond donors (Lipinski definition) is 1. The fourth-order valence-electron chi connectivity index (χ4n) is 1.94. The molecule has 15 heavy (non-hydrogen) atoms. The van der Waals surface area contributed by atoms with Crippen molar-refractivity contribution in [2.75, 3.05) is 40.8 Å². The number of rotatable bonds is 6. The molecule has 1 fully saturated rings. The van der Waals surface area contributed by atoms with Gasteiger partial charge in [-0.25, -0.2) is 0 Å². The highest BCUT2D eigenvalue weighted by Gasteiger charge is 2.21. The van der Waals surface area contributed by atoms with Crippen molar-refractivity contribution in [1.29, 1.82) is 0 Å². The molecule has 0 bridgehead atoms. The number of carbonyl (C=O) groups is 1. The number of amides is 1. The second-order valence-electron chi connectivity index (χ2n) is 4.72. The van der Waals surface area contributed by atoms with Crippen LogP contribution in [0.5, 0.6) is 0 Å². The van der Waals surface area contributed by atoms with Gasteiger partial charge >= 0.3 is 0 Å². The van der Waals surface area contributed by atoms with Crippen LogP contribution >= 0.6 is 0 Å². The molecule has 1 aliphatic rings. The van der Waals surface area contributed by atoms with Crippen molar-refractivity contribution in [2.45, 2.75) is 25.3 Å². The summed E-state index contributed by atoms with van der Waals surface area (Å²) in [5.41, 5.74) is 0. The van der Waals surface area contributed by atoms with Gasteiger partial charge in [-0.2, -0.15) is 0 Å². The molecule has 0 aromatic rings. The zero-order valence-corrected chi connectivity index (χ0v) is 10.1. The van der Waals surface area contributed by atoms with Crippen molar-refractivity contribution in [3.8, 4) is 0 Å². The summed E-state index contributed by atoms with van der Waals surface area (Å²) < 4.78 is 0. The Hall–Kier alpha value is -0.610. The van der Waals surface area contributed by atoms with Gasteiger partial charge in [0.2, 0.25) is 5.91 Å². The van der Waals surface area contributed by atoms with Crippen molar-refractivity contribution in [1.82, 2.24) is 15.1 Å². The van der Waals surface area contributed by atoms with Crippen LogP contribution in [0.4, 0.5) is 0 Å². The van der Waals surface area contributed by atoms with Gasteiger partial charge in [0.25, 0.3) is 0 Å². The molecule has 1 heterocycles. The lowest BCUT2D eigenvalue weighted by molar-refractivity contribution is -0.119. The molecule has 0 aromatic carbocycles. The molecule has 1 rings (SSSR count). The van der Waals surface area contributed by atoms with Gasteiger partial charge in [-0.05, 0) is 47.1 Å². The van der Waals surface area contributed by atoms with E-state index in [-0.39, 0.29) is 5.91 Å². The minimum Gasteiger partial charge on any atom is -0.352 e. The van der Waals surface area contributed by atoms with Crippen LogP contribution in [0.1, 0.15) is 19.3 Å². The summed E-state index contributed by atoms with van der Waals surface area (Å²) in [4.78, 5) is 15.5. The Morgan fingerprint density at radius 1 is 1.33 bits per heavy atom. The van der Waals surface area contributed by atoms with E-state index in [2.05, 4.69) is 36.3 Å². The van der Waals surface area contributed by atoms with Gasteiger partial charge in [0, 0.05) is 19.0 Å². The van der Waals surface area contributed by atoms with E-state index in [9.17, 15) is 4.79 Å². The second kappa shape index (κ2) is 6.08. The topological polar surface area (TPSA) is 35.6 Å². The fraction of sp³-hybridized carbons (Fsp3) is 0.909. The molecule has 0 spiro atoms. The third kappa shape index (κ3) is 5.14. The zero-order chi connectivity index (χ0) is 11.3. The van der Waals surface area contributed by atoms with E-state index in [0.717, 1.165) is 26.1 Å². The van der Waals surface area contributed by atoms with E-state index >= 15 is 0 Å². The van der Waals surface area contributed by atoms with Gasteiger partial charge in [0.05, 0.1) is 0 Å². The fourth-order valence-corrected chi connectivity index (χ4v) is 1.94. The molecule has 1 atom stereocenters. The van der Waals surface area contributed by atoms with Crippen LogP contribution in [0, 0.1) is 0 Å². The first-order valence-electron chi connectivity index (χ1n) is 5.70. The van der Waals surface area contributed by atoms with E-state index in [1.807, 2.05) is 0 Å². The van der Waals surface area contributed by atoms with Crippen LogP contribution in [0.2, 0.25) is 0 Å². The zero-order valence-electron chi connectivity index (χ0n) is 10.1. The predicted molar refractivity (Wildman–Crippen MR) is 61.8 cm³/mol. The third-order valence-electron chi connectivity index (χ3n) is 2.76. The van der Waals surface area contributed by atoms with Crippen LogP contribution in [0.3, 0.4) is 0 Å². The molecule has 0 aliphatic carbocycles. The maximum Gasteiger partial charge on any atom is 0.220 e. The average molecular weight is 213 g/mol. The van der Waals surface area contributed by atoms with Crippen molar-refractivity contribution >= 4 is 5.91 Å². The van der Waals surface area contributed by atoms with E-state index in [0.29, 0.717) is 12.5 Å². The summed E-state index contributed by atoms with van der Waals surface area (Å²) in [7, 11) is 6.31. The van der Waals surface area contributed by atoms with Crippen LogP contribution in [-0.4, -0.2) is 62.5 Å². The highest BCUT2D eigenvalue weighted by Crippen LogP contribution is 2.07. The van der Waals surface area contributed by atoms with Gasteiger partial charge in [0.15, 0.2) is 0 Å². The van der Waals surface area contributed by atoms with Crippen molar-refractivity contribution in [3.05, 3.63) is 0 Å². The minimum absolute atomic E-state index is 0.210. The molecule has 0 saturated carbocycles. The summed E-state index contributed by atoms with van der Waals surface area (Å²) in [6.45, 7) is 3.21. The maximum absolute atomic E-state index is 11.0. The van der Waals surface area contributed by atoms with Gasteiger partial charge in [0.1, 0.15) is 0 Å². The number of likely N-dealkylation sites (N-methyl/N-ethyl adjacent to an activating group) is 1. The van der Waals surface area contributed by atoms with Crippen molar-refractivity contribution < 1.29 is 4.79 Å². The second-order valence-corrected chi connectivity index (χ2v) is 4.72. The quantitative estimate of drug-likeness (QED) is 0.682. The number of nitrogens with one attached hydrogen (secondary N) is 1. The molecular weight excluding hydrogens is 190 g/mol. The Morgan fingerprint density at radius 2 is 2.07 bits per heavy atom. The summed E-state index contributed by atoms with van der Waals surface area (Å²) in [5, 5.41) is 2.99. The summed E-state index contributed by atoms with van der Waals surface area (Å²) in [5.74, 6) is 0.210. The van der Waals surface area contributed by atoms with E-state index in [4.69, 9.17) is 0 Å². The monoisotopic (exact) mass is 213 g/mol. The van der Waals surface area contributed by atoms with Crippen LogP contribution < -0.4 is 5.32 Å². The Morgan fingerprint density at radius 3 is 2.60 bits per heavy atom. The Bertz CT molecular complexity index is 206. The van der Waals surface area contributed by atoms with Gasteiger partial charge in [-0.1, -0.05) is 0 Å². The Kier molecular flexibility index (Phi) is 5.05. The molecule has 4 heteroatoms. The SMILES string of the molecule is CN(C)CCCN(C)C[C@H]1CCC(=O)N1. The van der Waals surface area contributed by atoms with Crippen molar-refractivity contribution in [2.24, 2.45) is 0 Å². The summed E-state index contributed by atoms with van der Waals surface area (Å²) in [6, 6.07) is 0.377. The normalized spacial score (nSPS) is 21.4.